The van der Waals surface area contributed by atoms with E-state index in [-0.39, 0.29) is 42.2 Å². The number of sulfonamides is 1. The lowest BCUT2D eigenvalue weighted by Gasteiger charge is -2.39. The summed E-state index contributed by atoms with van der Waals surface area (Å²) in [6.45, 7) is 7.38. The molecule has 5 aromatic rings. The molecular weight excluding hydrogens is 818 g/mol. The van der Waals surface area contributed by atoms with E-state index in [0.29, 0.717) is 29.5 Å². The number of hydrogen-bond donors (Lipinski definition) is 3. The summed E-state index contributed by atoms with van der Waals surface area (Å²) in [6, 6.07) is 19.5. The molecule has 3 N–H and O–H groups in total. The summed E-state index contributed by atoms with van der Waals surface area (Å²) < 4.78 is 73.8. The van der Waals surface area contributed by atoms with Crippen LogP contribution in [0.5, 0.6) is 11.5 Å². The van der Waals surface area contributed by atoms with E-state index in [1.54, 1.807) is 24.4 Å². The lowest BCUT2D eigenvalue weighted by Crippen LogP contribution is -2.47. The first-order valence-electron chi connectivity index (χ1n) is 22.1. The third-order valence-electron chi connectivity index (χ3n) is 11.4. The SMILES string of the molecule is [2H]C1([2H])COCC([2H])([2H])C1CNc1ccc(S(=O)(=O)NC(=O)c2ccc(N3CCN(CC4=C(c5ccc(Cl)cc5)CC(C)(C)CC4)CC3)cc2Oc2cnc3[nH]ccc3c2)cc1[N+](=O)[O-]. The van der Waals surface area contributed by atoms with Crippen LogP contribution in [0, 0.1) is 21.4 Å². The molecule has 0 unspecified atom stereocenters. The van der Waals surface area contributed by atoms with Crippen molar-refractivity contribution in [1.82, 2.24) is 19.6 Å². The number of anilines is 2. The van der Waals surface area contributed by atoms with Gasteiger partial charge in [-0.1, -0.05) is 43.2 Å². The molecule has 320 valence electrons. The van der Waals surface area contributed by atoms with Crippen molar-refractivity contribution >= 4 is 61.2 Å². The zero-order valence-electron chi connectivity index (χ0n) is 37.9. The summed E-state index contributed by atoms with van der Waals surface area (Å²) in [6.07, 6.45) is 2.19. The monoisotopic (exact) mass is 871 g/mol. The second kappa shape index (κ2) is 17.9. The maximum Gasteiger partial charge on any atom is 0.293 e. The van der Waals surface area contributed by atoms with Crippen LogP contribution in [0.4, 0.5) is 17.1 Å². The number of pyridine rings is 1. The van der Waals surface area contributed by atoms with E-state index in [1.807, 2.05) is 22.9 Å². The summed E-state index contributed by atoms with van der Waals surface area (Å²) in [5, 5.41) is 16.4. The molecule has 2 saturated heterocycles. The Balaban J connectivity index is 1.01. The summed E-state index contributed by atoms with van der Waals surface area (Å²) >= 11 is 6.23. The van der Waals surface area contributed by atoms with Crippen LogP contribution >= 0.6 is 11.6 Å². The van der Waals surface area contributed by atoms with Crippen molar-refractivity contribution in [3.05, 3.63) is 117 Å². The Morgan fingerprint density at radius 1 is 1.07 bits per heavy atom. The quantitative estimate of drug-likeness (QED) is 0.0764. The van der Waals surface area contributed by atoms with Crippen LogP contribution in [0.15, 0.2) is 95.7 Å². The standard InChI is InChI=1S/C45H50ClN7O7S/c1-45(2)15-11-33(39(26-45)31-3-5-34(46)6-4-31)29-51-17-19-52(20-18-51)35-7-9-38(42(24-35)60-36-23-32-12-16-47-43(32)49-28-36)44(54)50-61(57,58)37-8-10-40(41(25-37)53(55)56)48-27-30-13-21-59-22-14-30/h3-10,12,16,23-25,28,30,48H,11,13-15,17-22,26-27,29H2,1-2H3,(H,47,49)(H,50,54)/i13D2,14D2. The summed E-state index contributed by atoms with van der Waals surface area (Å²) in [7, 11) is -4.71. The molecule has 0 atom stereocenters. The van der Waals surface area contributed by atoms with Crippen LogP contribution < -0.4 is 19.7 Å². The van der Waals surface area contributed by atoms with Gasteiger partial charge in [0.05, 0.1) is 21.6 Å². The number of nitrogens with one attached hydrogen (secondary N) is 3. The average molecular weight is 872 g/mol. The van der Waals surface area contributed by atoms with E-state index in [4.69, 9.17) is 26.6 Å². The normalized spacial score (nSPS) is 20.3. The van der Waals surface area contributed by atoms with Crippen LogP contribution in [0.25, 0.3) is 16.6 Å². The minimum atomic E-state index is -4.71. The minimum Gasteiger partial charge on any atom is -0.455 e. The fourth-order valence-corrected chi connectivity index (χ4v) is 9.11. The molecule has 2 aromatic heterocycles. The van der Waals surface area contributed by atoms with Gasteiger partial charge >= 0.3 is 0 Å². The number of rotatable bonds is 13. The van der Waals surface area contributed by atoms with Gasteiger partial charge in [0.25, 0.3) is 21.6 Å². The van der Waals surface area contributed by atoms with E-state index >= 15 is 0 Å². The Morgan fingerprint density at radius 3 is 2.59 bits per heavy atom. The molecule has 16 heteroatoms. The third kappa shape index (κ3) is 10.0. The summed E-state index contributed by atoms with van der Waals surface area (Å²) in [5.74, 6) is -1.90. The van der Waals surface area contributed by atoms with Crippen molar-refractivity contribution in [3.63, 3.8) is 0 Å². The second-order valence-corrected chi connectivity index (χ2v) is 18.4. The number of aromatic nitrogens is 2. The van der Waals surface area contributed by atoms with Crippen LogP contribution in [-0.4, -0.2) is 86.6 Å². The van der Waals surface area contributed by atoms with Gasteiger partial charge in [0.2, 0.25) is 0 Å². The average Bonchev–Trinajstić information content (AvgIpc) is 3.72. The molecular formula is C45H50ClN7O7S. The highest BCUT2D eigenvalue weighted by atomic mass is 35.5. The van der Waals surface area contributed by atoms with Crippen LogP contribution in [0.3, 0.4) is 0 Å². The molecule has 61 heavy (non-hydrogen) atoms. The number of piperazine rings is 1. The lowest BCUT2D eigenvalue weighted by atomic mass is 9.72. The van der Waals surface area contributed by atoms with Gasteiger partial charge in [-0.15, -0.1) is 0 Å². The van der Waals surface area contributed by atoms with Crippen molar-refractivity contribution in [2.24, 2.45) is 11.3 Å². The highest BCUT2D eigenvalue weighted by molar-refractivity contribution is 7.90. The van der Waals surface area contributed by atoms with Crippen molar-refractivity contribution in [1.29, 1.82) is 0 Å². The van der Waals surface area contributed by atoms with Crippen molar-refractivity contribution in [3.8, 4) is 11.5 Å². The molecule has 2 fully saturated rings. The first-order chi connectivity index (χ1) is 30.8. The zero-order valence-corrected chi connectivity index (χ0v) is 35.4. The molecule has 14 nitrogen and oxygen atoms in total. The molecule has 4 heterocycles. The van der Waals surface area contributed by atoms with E-state index < -0.39 is 50.1 Å². The second-order valence-electron chi connectivity index (χ2n) is 16.3. The number of nitro benzene ring substituents is 1. The Kier molecular flexibility index (Phi) is 10.9. The predicted octanol–water partition coefficient (Wildman–Crippen LogP) is 8.66. The first kappa shape index (κ1) is 37.3. The molecule has 1 aliphatic carbocycles. The third-order valence-corrected chi connectivity index (χ3v) is 13.0. The van der Waals surface area contributed by atoms with Crippen LogP contribution in [0.2, 0.25) is 5.02 Å². The number of halogens is 1. The topological polar surface area (TPSA) is 172 Å². The smallest absolute Gasteiger partial charge is 0.293 e. The Labute approximate surface area is 366 Å². The number of amides is 1. The maximum atomic E-state index is 14.0. The number of aromatic amines is 1. The Morgan fingerprint density at radius 2 is 1.84 bits per heavy atom. The molecule has 2 aliphatic heterocycles. The highest BCUT2D eigenvalue weighted by Crippen LogP contribution is 2.43. The highest BCUT2D eigenvalue weighted by Gasteiger charge is 2.31. The zero-order chi connectivity index (χ0) is 46.3. The molecule has 3 aromatic carbocycles. The number of nitrogens with zero attached hydrogens (tertiary/aromatic N) is 4. The number of fused-ring (bicyclic) bond motifs is 1. The van der Waals surface area contributed by atoms with E-state index in [9.17, 15) is 23.3 Å². The number of H-pyrrole nitrogens is 1. The number of benzene rings is 3. The van der Waals surface area contributed by atoms with Gasteiger partial charge in [0.15, 0.2) is 0 Å². The maximum absolute atomic E-state index is 14.0. The molecule has 1 amide bonds. The Hall–Kier alpha value is -5.48. The van der Waals surface area contributed by atoms with Gasteiger partial charge in [-0.2, -0.15) is 0 Å². The molecule has 0 bridgehead atoms. The minimum absolute atomic E-state index is 0.0651. The van der Waals surface area contributed by atoms with Gasteiger partial charge in [-0.25, -0.2) is 18.1 Å². The van der Waals surface area contributed by atoms with Crippen molar-refractivity contribution in [2.75, 3.05) is 62.7 Å². The van der Waals surface area contributed by atoms with Gasteiger partial charge in [0, 0.05) is 92.4 Å². The fraction of sp³-hybridized carbons (Fsp3) is 0.378. The van der Waals surface area contributed by atoms with Gasteiger partial charge in [-0.05, 0) is 103 Å². The molecule has 8 rings (SSSR count). The number of hydrogen-bond acceptors (Lipinski definition) is 11. The number of carbonyl (C=O) groups excluding carboxylic acids is 1. The van der Waals surface area contributed by atoms with Crippen molar-refractivity contribution in [2.45, 2.75) is 50.8 Å². The van der Waals surface area contributed by atoms with E-state index in [0.717, 1.165) is 68.2 Å². The van der Waals surface area contributed by atoms with Crippen LogP contribution in [-0.2, 0) is 14.8 Å². The van der Waals surface area contributed by atoms with Gasteiger partial charge < -0.3 is 24.7 Å². The first-order valence-corrected chi connectivity index (χ1v) is 22.0. The summed E-state index contributed by atoms with van der Waals surface area (Å²) in [5.41, 5.74) is 4.69. The van der Waals surface area contributed by atoms with Crippen molar-refractivity contribution < 1.29 is 33.1 Å². The fourth-order valence-electron chi connectivity index (χ4n) is 7.99. The lowest BCUT2D eigenvalue weighted by molar-refractivity contribution is -0.384. The predicted molar refractivity (Wildman–Crippen MR) is 237 cm³/mol. The molecule has 0 spiro atoms. The molecule has 0 saturated carbocycles. The van der Waals surface area contributed by atoms with Gasteiger partial charge in [-0.3, -0.25) is 19.8 Å². The van der Waals surface area contributed by atoms with E-state index in [2.05, 4.69) is 51.1 Å². The Bertz CT molecular complexity index is 2750. The van der Waals surface area contributed by atoms with Crippen LogP contribution in [0.1, 0.15) is 67.3 Å². The number of allylic oxidation sites excluding steroid dienone is 1. The van der Waals surface area contributed by atoms with Gasteiger partial charge in [0.1, 0.15) is 22.8 Å². The summed E-state index contributed by atoms with van der Waals surface area (Å²) in [4.78, 5) is 36.8. The number of carbonyl (C=O) groups is 1. The van der Waals surface area contributed by atoms with E-state index in [1.165, 1.54) is 29.0 Å². The molecule has 3 aliphatic rings. The number of nitro groups is 1. The number of ether oxygens (including phenoxy) is 2. The largest absolute Gasteiger partial charge is 0.455 e. The molecule has 0 radical (unpaired) electrons.